The molecule has 0 aliphatic rings. The van der Waals surface area contributed by atoms with Crippen LogP contribution >= 0.6 is 0 Å². The number of hydrogen-bond donors (Lipinski definition) is 2. The average molecular weight is 588 g/mol. The number of nitrogens with zero attached hydrogens (tertiary/aromatic N) is 5. The molecule has 2 heterocycles. The standard InChI is InChI=1S/C31H37N7O3S/c1-37(15-16-42(3,39)40)14-8-7-13-32-28-19-27-26(18-30(28)41-2)31(34-22-33-27)36-25-11-12-29-24(17-25)20-35-38(29)21-23-9-5-4-6-10-23/h4-6,9-12,17-20,22,32H,7-8,13-16,21H2,1-3H3,(H,33,34,36). The van der Waals surface area contributed by atoms with E-state index in [2.05, 4.69) is 54.9 Å². The SMILES string of the molecule is COc1cc2c(Nc3ccc4c(cnn4Cc4ccccc4)c3)ncnc2cc1NCCCCN(C)CCS(C)(=O)=O. The second kappa shape index (κ2) is 13.2. The van der Waals surface area contributed by atoms with Crippen LogP contribution in [0.4, 0.5) is 17.2 Å². The summed E-state index contributed by atoms with van der Waals surface area (Å²) in [5.41, 5.74) is 4.84. The second-order valence-corrected chi connectivity index (χ2v) is 12.8. The number of benzene rings is 3. The van der Waals surface area contributed by atoms with Crippen molar-refractivity contribution in [3.8, 4) is 5.75 Å². The summed E-state index contributed by atoms with van der Waals surface area (Å²) in [7, 11) is 0.664. The molecule has 0 saturated carbocycles. The van der Waals surface area contributed by atoms with Gasteiger partial charge < -0.3 is 20.3 Å². The largest absolute Gasteiger partial charge is 0.495 e. The summed E-state index contributed by atoms with van der Waals surface area (Å²) < 4.78 is 30.5. The first kappa shape index (κ1) is 29.3. The third-order valence-electron chi connectivity index (χ3n) is 7.16. The van der Waals surface area contributed by atoms with E-state index in [1.807, 2.05) is 54.3 Å². The third kappa shape index (κ3) is 7.54. The van der Waals surface area contributed by atoms with Crippen molar-refractivity contribution in [1.82, 2.24) is 24.6 Å². The van der Waals surface area contributed by atoms with Gasteiger partial charge in [0.25, 0.3) is 0 Å². The minimum atomic E-state index is -2.94. The van der Waals surface area contributed by atoms with Crippen molar-refractivity contribution in [2.24, 2.45) is 0 Å². The van der Waals surface area contributed by atoms with Gasteiger partial charge in [0.05, 0.1) is 42.3 Å². The number of aromatic nitrogens is 4. The van der Waals surface area contributed by atoms with Gasteiger partial charge in [0, 0.05) is 35.8 Å². The number of rotatable bonds is 14. The van der Waals surface area contributed by atoms with Crippen molar-refractivity contribution in [1.29, 1.82) is 0 Å². The van der Waals surface area contributed by atoms with Crippen LogP contribution in [-0.2, 0) is 16.4 Å². The van der Waals surface area contributed by atoms with Crippen LogP contribution in [0, 0.1) is 0 Å². The summed E-state index contributed by atoms with van der Waals surface area (Å²) in [4.78, 5) is 11.1. The Hall–Kier alpha value is -4.22. The lowest BCUT2D eigenvalue weighted by atomic mass is 10.1. The molecule has 3 aromatic carbocycles. The lowest BCUT2D eigenvalue weighted by molar-refractivity contribution is 0.345. The summed E-state index contributed by atoms with van der Waals surface area (Å²) in [6, 6.07) is 20.4. The molecule has 0 amide bonds. The van der Waals surface area contributed by atoms with Crippen LogP contribution in [0.25, 0.3) is 21.8 Å². The number of anilines is 3. The summed E-state index contributed by atoms with van der Waals surface area (Å²) in [5.74, 6) is 1.59. The molecule has 2 aromatic heterocycles. The Morgan fingerprint density at radius 1 is 1.00 bits per heavy atom. The van der Waals surface area contributed by atoms with Crippen LogP contribution in [0.15, 0.2) is 73.2 Å². The molecule has 0 radical (unpaired) electrons. The number of unbranched alkanes of at least 4 members (excludes halogenated alkanes) is 1. The number of methoxy groups -OCH3 is 1. The molecule has 0 aliphatic heterocycles. The third-order valence-corrected chi connectivity index (χ3v) is 8.09. The average Bonchev–Trinajstić information content (AvgIpc) is 3.37. The minimum absolute atomic E-state index is 0.183. The summed E-state index contributed by atoms with van der Waals surface area (Å²) in [5, 5.41) is 13.4. The molecule has 0 aliphatic carbocycles. The van der Waals surface area contributed by atoms with Crippen LogP contribution in [-0.4, -0.2) is 78.9 Å². The summed E-state index contributed by atoms with van der Waals surface area (Å²) in [6.45, 7) is 2.86. The maximum Gasteiger partial charge on any atom is 0.148 e. The van der Waals surface area contributed by atoms with Crippen LogP contribution in [0.3, 0.4) is 0 Å². The first-order valence-corrected chi connectivity index (χ1v) is 16.0. The van der Waals surface area contributed by atoms with Gasteiger partial charge in [-0.1, -0.05) is 30.3 Å². The maximum atomic E-state index is 11.4. The lowest BCUT2D eigenvalue weighted by Crippen LogP contribution is -2.26. The van der Waals surface area contributed by atoms with Gasteiger partial charge in [0.15, 0.2) is 0 Å². The van der Waals surface area contributed by atoms with Gasteiger partial charge >= 0.3 is 0 Å². The van der Waals surface area contributed by atoms with Crippen LogP contribution < -0.4 is 15.4 Å². The first-order valence-electron chi connectivity index (χ1n) is 14.0. The van der Waals surface area contributed by atoms with Crippen molar-refractivity contribution in [3.63, 3.8) is 0 Å². The number of sulfone groups is 1. The van der Waals surface area contributed by atoms with Crippen LogP contribution in [0.1, 0.15) is 18.4 Å². The number of ether oxygens (including phenoxy) is 1. The molecule has 5 rings (SSSR count). The van der Waals surface area contributed by atoms with E-state index in [1.165, 1.54) is 11.8 Å². The molecule has 0 spiro atoms. The molecule has 11 heteroatoms. The van der Waals surface area contributed by atoms with E-state index >= 15 is 0 Å². The van der Waals surface area contributed by atoms with E-state index in [0.717, 1.165) is 59.1 Å². The molecule has 42 heavy (non-hydrogen) atoms. The van der Waals surface area contributed by atoms with Crippen LogP contribution in [0.5, 0.6) is 5.75 Å². The number of nitrogens with one attached hydrogen (secondary N) is 2. The zero-order valence-electron chi connectivity index (χ0n) is 24.2. The Bertz CT molecular complexity index is 1760. The van der Waals surface area contributed by atoms with Gasteiger partial charge in [-0.15, -0.1) is 0 Å². The fourth-order valence-electron chi connectivity index (χ4n) is 4.84. The van der Waals surface area contributed by atoms with E-state index in [9.17, 15) is 8.42 Å². The van der Waals surface area contributed by atoms with Gasteiger partial charge in [-0.05, 0) is 62.3 Å². The molecule has 0 unspecified atom stereocenters. The predicted octanol–water partition coefficient (Wildman–Crippen LogP) is 4.95. The molecule has 0 bridgehead atoms. The van der Waals surface area contributed by atoms with Crippen molar-refractivity contribution < 1.29 is 13.2 Å². The molecular weight excluding hydrogens is 550 g/mol. The Morgan fingerprint density at radius 3 is 2.62 bits per heavy atom. The highest BCUT2D eigenvalue weighted by Crippen LogP contribution is 2.33. The normalized spacial score (nSPS) is 11.8. The monoisotopic (exact) mass is 587 g/mol. The van der Waals surface area contributed by atoms with Gasteiger partial charge in [0.1, 0.15) is 27.7 Å². The molecule has 2 N–H and O–H groups in total. The second-order valence-electron chi connectivity index (χ2n) is 10.5. The van der Waals surface area contributed by atoms with E-state index < -0.39 is 9.84 Å². The lowest BCUT2D eigenvalue weighted by Gasteiger charge is -2.17. The van der Waals surface area contributed by atoms with Crippen LogP contribution in [0.2, 0.25) is 0 Å². The zero-order valence-corrected chi connectivity index (χ0v) is 25.1. The highest BCUT2D eigenvalue weighted by Gasteiger charge is 2.12. The van der Waals surface area contributed by atoms with Crippen molar-refractivity contribution in [2.45, 2.75) is 19.4 Å². The van der Waals surface area contributed by atoms with Gasteiger partial charge in [-0.2, -0.15) is 5.10 Å². The molecule has 5 aromatic rings. The topological polar surface area (TPSA) is 114 Å². The highest BCUT2D eigenvalue weighted by atomic mass is 32.2. The fraction of sp³-hybridized carbons (Fsp3) is 0.323. The smallest absolute Gasteiger partial charge is 0.148 e. The highest BCUT2D eigenvalue weighted by molar-refractivity contribution is 7.90. The predicted molar refractivity (Wildman–Crippen MR) is 170 cm³/mol. The number of fused-ring (bicyclic) bond motifs is 2. The fourth-order valence-corrected chi connectivity index (χ4v) is 5.48. The summed E-state index contributed by atoms with van der Waals surface area (Å²) in [6.07, 6.45) is 6.61. The molecule has 10 nitrogen and oxygen atoms in total. The van der Waals surface area contributed by atoms with Crippen molar-refractivity contribution in [2.75, 3.05) is 56.4 Å². The van der Waals surface area contributed by atoms with Crippen molar-refractivity contribution in [3.05, 3.63) is 78.8 Å². The summed E-state index contributed by atoms with van der Waals surface area (Å²) >= 11 is 0. The van der Waals surface area contributed by atoms with Crippen molar-refractivity contribution >= 4 is 48.8 Å². The molecule has 0 atom stereocenters. The van der Waals surface area contributed by atoms with Gasteiger partial charge in [-0.3, -0.25) is 4.68 Å². The minimum Gasteiger partial charge on any atom is -0.495 e. The quantitative estimate of drug-likeness (QED) is 0.174. The molecule has 0 saturated heterocycles. The van der Waals surface area contributed by atoms with Gasteiger partial charge in [0.2, 0.25) is 0 Å². The molecule has 220 valence electrons. The van der Waals surface area contributed by atoms with E-state index in [4.69, 9.17) is 4.74 Å². The van der Waals surface area contributed by atoms with Gasteiger partial charge in [-0.25, -0.2) is 18.4 Å². The Balaban J connectivity index is 1.24. The Kier molecular flexibility index (Phi) is 9.19. The van der Waals surface area contributed by atoms with E-state index in [1.54, 1.807) is 13.4 Å². The number of hydrogen-bond acceptors (Lipinski definition) is 9. The maximum absolute atomic E-state index is 11.4. The Morgan fingerprint density at radius 2 is 1.83 bits per heavy atom. The molecular formula is C31H37N7O3S. The zero-order chi connectivity index (χ0) is 29.5. The van der Waals surface area contributed by atoms with E-state index in [0.29, 0.717) is 24.7 Å². The Labute approximate surface area is 246 Å². The first-order chi connectivity index (χ1) is 20.3. The molecule has 0 fully saturated rings. The van der Waals surface area contributed by atoms with E-state index in [-0.39, 0.29) is 5.75 Å².